The second-order valence-corrected chi connectivity index (χ2v) is 5.66. The summed E-state index contributed by atoms with van der Waals surface area (Å²) in [5, 5.41) is 11.6. The Balaban J connectivity index is 1.96. The van der Waals surface area contributed by atoms with Gasteiger partial charge in [-0.2, -0.15) is 5.10 Å². The van der Waals surface area contributed by atoms with E-state index in [0.29, 0.717) is 10.9 Å². The lowest BCUT2D eigenvalue weighted by Gasteiger charge is -2.12. The molecule has 0 amide bonds. The largest absolute Gasteiger partial charge is 0.315 e. The minimum absolute atomic E-state index is 0.148. The number of hydrogen-bond acceptors (Lipinski definition) is 2. The number of benzene rings is 1. The van der Waals surface area contributed by atoms with Gasteiger partial charge in [0.1, 0.15) is 5.52 Å². The first-order valence-corrected chi connectivity index (χ1v) is 6.00. The summed E-state index contributed by atoms with van der Waals surface area (Å²) in [6.07, 6.45) is 1.17. The highest BCUT2D eigenvalue weighted by Gasteiger charge is 2.69. The van der Waals surface area contributed by atoms with Crippen LogP contribution < -0.4 is 5.32 Å². The van der Waals surface area contributed by atoms with Crippen molar-refractivity contribution in [3.05, 3.63) is 29.7 Å². The van der Waals surface area contributed by atoms with E-state index < -0.39 is 0 Å². The van der Waals surface area contributed by atoms with Crippen LogP contribution in [-0.2, 0) is 5.41 Å². The fourth-order valence-corrected chi connectivity index (χ4v) is 3.53. The number of para-hydroxylation sites is 1. The number of hydrogen-bond donors (Lipinski definition) is 2. The van der Waals surface area contributed by atoms with Crippen LogP contribution in [0.2, 0.25) is 0 Å². The third-order valence-electron chi connectivity index (χ3n) is 4.68. The fourth-order valence-electron chi connectivity index (χ4n) is 3.53. The van der Waals surface area contributed by atoms with E-state index in [0.717, 1.165) is 24.2 Å². The van der Waals surface area contributed by atoms with Crippen molar-refractivity contribution in [1.82, 2.24) is 15.5 Å². The first-order chi connectivity index (χ1) is 8.16. The van der Waals surface area contributed by atoms with Crippen LogP contribution in [0.1, 0.15) is 19.0 Å². The molecule has 1 aliphatic heterocycles. The van der Waals surface area contributed by atoms with Crippen LogP contribution in [-0.4, -0.2) is 23.3 Å². The van der Waals surface area contributed by atoms with E-state index in [1.807, 2.05) is 6.07 Å². The Bertz CT molecular complexity index is 616. The summed E-state index contributed by atoms with van der Waals surface area (Å²) in [4.78, 5) is 0. The number of rotatable bonds is 1. The Labute approximate surface area is 98.4 Å². The van der Waals surface area contributed by atoms with E-state index in [1.54, 1.807) is 6.07 Å². The Morgan fingerprint density at radius 3 is 2.94 bits per heavy atom. The highest BCUT2D eigenvalue weighted by Crippen LogP contribution is 2.66. The number of nitrogens with zero attached hydrogens (tertiary/aromatic N) is 1. The Hall–Kier alpha value is -1.42. The standard InChI is InChI=1S/C13H14FN3/c1-12-5-13(12,7-15-6-12)11-8-3-2-4-9(14)10(8)16-17-11/h2-4,15H,5-7H2,1H3,(H,16,17). The molecule has 0 radical (unpaired) electrons. The van der Waals surface area contributed by atoms with Gasteiger partial charge in [-0.15, -0.1) is 0 Å². The molecule has 3 nitrogen and oxygen atoms in total. The molecule has 1 saturated heterocycles. The molecule has 2 fully saturated rings. The van der Waals surface area contributed by atoms with Gasteiger partial charge in [-0.05, 0) is 17.9 Å². The molecule has 2 heterocycles. The third kappa shape index (κ3) is 0.978. The molecule has 0 spiro atoms. The van der Waals surface area contributed by atoms with Crippen molar-refractivity contribution in [3.8, 4) is 0 Å². The van der Waals surface area contributed by atoms with E-state index in [9.17, 15) is 4.39 Å². The van der Waals surface area contributed by atoms with E-state index in [1.165, 1.54) is 12.5 Å². The van der Waals surface area contributed by atoms with Gasteiger partial charge in [0.15, 0.2) is 5.82 Å². The van der Waals surface area contributed by atoms with Gasteiger partial charge in [-0.3, -0.25) is 5.10 Å². The Kier molecular flexibility index (Phi) is 1.52. The zero-order valence-corrected chi connectivity index (χ0v) is 9.68. The lowest BCUT2D eigenvalue weighted by atomic mass is 9.92. The molecule has 2 aliphatic rings. The average Bonchev–Trinajstić information content (AvgIpc) is 2.67. The highest BCUT2D eigenvalue weighted by atomic mass is 19.1. The summed E-state index contributed by atoms with van der Waals surface area (Å²) in [5.74, 6) is -0.241. The summed E-state index contributed by atoms with van der Waals surface area (Å²) >= 11 is 0. The number of fused-ring (bicyclic) bond motifs is 2. The summed E-state index contributed by atoms with van der Waals surface area (Å²) in [5.41, 5.74) is 2.05. The number of nitrogens with one attached hydrogen (secondary N) is 2. The molecule has 0 bridgehead atoms. The Morgan fingerprint density at radius 1 is 1.35 bits per heavy atom. The zero-order valence-electron chi connectivity index (χ0n) is 9.68. The number of halogens is 1. The summed E-state index contributed by atoms with van der Waals surface area (Å²) < 4.78 is 13.6. The minimum Gasteiger partial charge on any atom is -0.315 e. The Morgan fingerprint density at radius 2 is 2.24 bits per heavy atom. The van der Waals surface area contributed by atoms with Crippen molar-refractivity contribution >= 4 is 10.9 Å². The van der Waals surface area contributed by atoms with Crippen molar-refractivity contribution in [2.75, 3.05) is 13.1 Å². The highest BCUT2D eigenvalue weighted by molar-refractivity contribution is 5.83. The molecule has 1 saturated carbocycles. The van der Waals surface area contributed by atoms with Gasteiger partial charge in [0.2, 0.25) is 0 Å². The van der Waals surface area contributed by atoms with Gasteiger partial charge < -0.3 is 5.32 Å². The maximum atomic E-state index is 13.6. The lowest BCUT2D eigenvalue weighted by molar-refractivity contribution is 0.548. The van der Waals surface area contributed by atoms with Crippen molar-refractivity contribution in [1.29, 1.82) is 0 Å². The predicted molar refractivity (Wildman–Crippen MR) is 63.3 cm³/mol. The second-order valence-electron chi connectivity index (χ2n) is 5.66. The summed E-state index contributed by atoms with van der Waals surface area (Å²) in [6, 6.07) is 5.18. The SMILES string of the molecule is CC12CNCC1(c1[nH]nc3c(F)cccc13)C2. The van der Waals surface area contributed by atoms with Crippen LogP contribution >= 0.6 is 0 Å². The summed E-state index contributed by atoms with van der Waals surface area (Å²) in [6.45, 7) is 4.30. The molecule has 88 valence electrons. The molecule has 17 heavy (non-hydrogen) atoms. The van der Waals surface area contributed by atoms with E-state index >= 15 is 0 Å². The molecule has 4 heteroatoms. The number of piperidine rings is 1. The van der Waals surface area contributed by atoms with Gasteiger partial charge in [-0.1, -0.05) is 19.1 Å². The molecule has 2 atom stereocenters. The van der Waals surface area contributed by atoms with Crippen LogP contribution in [0.5, 0.6) is 0 Å². The van der Waals surface area contributed by atoms with Crippen LogP contribution in [0.4, 0.5) is 4.39 Å². The van der Waals surface area contributed by atoms with Gasteiger partial charge in [-0.25, -0.2) is 4.39 Å². The molecule has 1 aromatic carbocycles. The lowest BCUT2D eigenvalue weighted by Crippen LogP contribution is -2.19. The topological polar surface area (TPSA) is 40.7 Å². The second kappa shape index (κ2) is 2.70. The molecule has 1 aliphatic carbocycles. The van der Waals surface area contributed by atoms with Crippen LogP contribution in [0.15, 0.2) is 18.2 Å². The van der Waals surface area contributed by atoms with Gasteiger partial charge in [0.25, 0.3) is 0 Å². The van der Waals surface area contributed by atoms with Gasteiger partial charge >= 0.3 is 0 Å². The van der Waals surface area contributed by atoms with Crippen molar-refractivity contribution in [2.24, 2.45) is 5.41 Å². The number of aromatic amines is 1. The quantitative estimate of drug-likeness (QED) is 0.787. The molecule has 2 unspecified atom stereocenters. The van der Waals surface area contributed by atoms with Crippen molar-refractivity contribution in [2.45, 2.75) is 18.8 Å². The monoisotopic (exact) mass is 231 g/mol. The molecule has 1 aromatic heterocycles. The smallest absolute Gasteiger partial charge is 0.151 e. The van der Waals surface area contributed by atoms with Crippen LogP contribution in [0.3, 0.4) is 0 Å². The number of aromatic nitrogens is 2. The first kappa shape index (κ1) is 9.59. The van der Waals surface area contributed by atoms with Crippen LogP contribution in [0.25, 0.3) is 10.9 Å². The normalized spacial score (nSPS) is 35.2. The zero-order chi connectivity index (χ0) is 11.7. The molecule has 2 aromatic rings. The molecule has 2 N–H and O–H groups in total. The molecule has 4 rings (SSSR count). The van der Waals surface area contributed by atoms with Crippen molar-refractivity contribution in [3.63, 3.8) is 0 Å². The van der Waals surface area contributed by atoms with E-state index in [2.05, 4.69) is 22.4 Å². The summed E-state index contributed by atoms with van der Waals surface area (Å²) in [7, 11) is 0. The van der Waals surface area contributed by atoms with Gasteiger partial charge in [0, 0.05) is 23.9 Å². The van der Waals surface area contributed by atoms with E-state index in [4.69, 9.17) is 0 Å². The molecular weight excluding hydrogens is 217 g/mol. The third-order valence-corrected chi connectivity index (χ3v) is 4.68. The van der Waals surface area contributed by atoms with Crippen LogP contribution in [0, 0.1) is 11.2 Å². The number of H-pyrrole nitrogens is 1. The van der Waals surface area contributed by atoms with Crippen molar-refractivity contribution < 1.29 is 4.39 Å². The minimum atomic E-state index is -0.241. The maximum absolute atomic E-state index is 13.6. The fraction of sp³-hybridized carbons (Fsp3) is 0.462. The van der Waals surface area contributed by atoms with Gasteiger partial charge in [0.05, 0.1) is 5.69 Å². The van der Waals surface area contributed by atoms with E-state index in [-0.39, 0.29) is 11.2 Å². The average molecular weight is 231 g/mol. The predicted octanol–water partition coefficient (Wildman–Crippen LogP) is 1.95. The first-order valence-electron chi connectivity index (χ1n) is 6.00. The maximum Gasteiger partial charge on any atom is 0.151 e. The molecular formula is C13H14FN3.